The topological polar surface area (TPSA) is 106 Å². The second kappa shape index (κ2) is 7.58. The monoisotopic (exact) mass is 370 g/mol. The zero-order chi connectivity index (χ0) is 19.3. The second-order valence-electron chi connectivity index (χ2n) is 5.84. The molecule has 0 bridgehead atoms. The summed E-state index contributed by atoms with van der Waals surface area (Å²) in [6, 6.07) is 17.6. The van der Waals surface area contributed by atoms with Gasteiger partial charge >= 0.3 is 0 Å². The molecule has 8 nitrogen and oxygen atoms in total. The van der Waals surface area contributed by atoms with Crippen LogP contribution in [-0.4, -0.2) is 26.1 Å². The fourth-order valence-electron chi connectivity index (χ4n) is 2.71. The van der Waals surface area contributed by atoms with Crippen LogP contribution in [0, 0.1) is 10.1 Å². The summed E-state index contributed by atoms with van der Waals surface area (Å²) in [7, 11) is 0. The Kier molecular flexibility index (Phi) is 4.67. The van der Waals surface area contributed by atoms with Crippen molar-refractivity contribution in [2.75, 3.05) is 5.43 Å². The maximum Gasteiger partial charge on any atom is 0.278 e. The third-order valence-electron chi connectivity index (χ3n) is 4.03. The summed E-state index contributed by atoms with van der Waals surface area (Å²) in [5, 5.41) is 16.1. The van der Waals surface area contributed by atoms with Crippen molar-refractivity contribution in [1.82, 2.24) is 15.0 Å². The maximum absolute atomic E-state index is 11.1. The summed E-state index contributed by atoms with van der Waals surface area (Å²) < 4.78 is 0. The molecule has 0 radical (unpaired) electrons. The molecule has 2 aromatic carbocycles. The number of hydrazone groups is 1. The van der Waals surface area contributed by atoms with E-state index >= 15 is 0 Å². The number of pyridine rings is 1. The second-order valence-corrected chi connectivity index (χ2v) is 5.84. The highest BCUT2D eigenvalue weighted by atomic mass is 16.6. The molecule has 136 valence electrons. The first-order chi connectivity index (χ1) is 13.7. The van der Waals surface area contributed by atoms with Gasteiger partial charge in [0.1, 0.15) is 0 Å². The van der Waals surface area contributed by atoms with E-state index in [0.29, 0.717) is 17.2 Å². The Morgan fingerprint density at radius 1 is 1.00 bits per heavy atom. The smallest absolute Gasteiger partial charge is 0.264 e. The highest BCUT2D eigenvalue weighted by Crippen LogP contribution is 2.24. The fourth-order valence-corrected chi connectivity index (χ4v) is 2.71. The number of nitrogens with zero attached hydrogens (tertiary/aromatic N) is 5. The predicted molar refractivity (Wildman–Crippen MR) is 107 cm³/mol. The number of para-hydroxylation sites is 2. The molecular weight excluding hydrogens is 356 g/mol. The van der Waals surface area contributed by atoms with Crippen LogP contribution in [0.4, 0.5) is 11.5 Å². The third kappa shape index (κ3) is 3.51. The number of nitro benzene ring substituents is 1. The molecule has 0 aliphatic heterocycles. The van der Waals surface area contributed by atoms with Crippen LogP contribution in [0.5, 0.6) is 0 Å². The molecule has 0 aliphatic carbocycles. The van der Waals surface area contributed by atoms with Crippen LogP contribution in [0.3, 0.4) is 0 Å². The number of nitrogens with one attached hydrogen (secondary N) is 1. The van der Waals surface area contributed by atoms with E-state index in [1.807, 2.05) is 36.4 Å². The number of nitro groups is 1. The van der Waals surface area contributed by atoms with Gasteiger partial charge in [0, 0.05) is 29.4 Å². The molecule has 0 aliphatic rings. The van der Waals surface area contributed by atoms with Gasteiger partial charge in [0.05, 0.1) is 22.2 Å². The van der Waals surface area contributed by atoms with E-state index in [-0.39, 0.29) is 5.69 Å². The van der Waals surface area contributed by atoms with Gasteiger partial charge in [-0.05, 0) is 30.3 Å². The van der Waals surface area contributed by atoms with E-state index in [1.165, 1.54) is 12.3 Å². The van der Waals surface area contributed by atoms with Gasteiger partial charge in [-0.2, -0.15) is 5.10 Å². The lowest BCUT2D eigenvalue weighted by Crippen LogP contribution is -2.00. The first-order valence-electron chi connectivity index (χ1n) is 8.42. The SMILES string of the molecule is O=[N+]([O-])c1ccccc1/C=N/Nc1nc(-c2cccnc2)nc2ccccc12. The molecule has 0 atom stereocenters. The molecule has 0 saturated heterocycles. The van der Waals surface area contributed by atoms with Crippen molar-refractivity contribution < 1.29 is 4.92 Å². The standard InChI is InChI=1S/C20H14N6O2/c27-26(28)18-10-4-1-6-14(18)13-22-25-20-16-8-2-3-9-17(16)23-19(24-20)15-7-5-11-21-12-15/h1-13H,(H,23,24,25)/b22-13+. The summed E-state index contributed by atoms with van der Waals surface area (Å²) in [6.45, 7) is 0. The van der Waals surface area contributed by atoms with Gasteiger partial charge in [-0.1, -0.05) is 24.3 Å². The van der Waals surface area contributed by atoms with E-state index in [4.69, 9.17) is 0 Å². The van der Waals surface area contributed by atoms with E-state index in [0.717, 1.165) is 16.5 Å². The Balaban J connectivity index is 1.71. The molecule has 2 aromatic heterocycles. The molecule has 0 spiro atoms. The van der Waals surface area contributed by atoms with Crippen LogP contribution in [0.15, 0.2) is 78.2 Å². The molecule has 4 aromatic rings. The zero-order valence-corrected chi connectivity index (χ0v) is 14.6. The summed E-state index contributed by atoms with van der Waals surface area (Å²) in [6.07, 6.45) is 4.77. The molecule has 4 rings (SSSR count). The first-order valence-corrected chi connectivity index (χ1v) is 8.42. The Bertz CT molecular complexity index is 1180. The normalized spacial score (nSPS) is 11.0. The number of hydrogen-bond acceptors (Lipinski definition) is 7. The van der Waals surface area contributed by atoms with Gasteiger partial charge in [0.2, 0.25) is 0 Å². The van der Waals surface area contributed by atoms with Crippen molar-refractivity contribution in [2.45, 2.75) is 0 Å². The zero-order valence-electron chi connectivity index (χ0n) is 14.6. The van der Waals surface area contributed by atoms with Crippen LogP contribution < -0.4 is 5.43 Å². The Morgan fingerprint density at radius 3 is 2.64 bits per heavy atom. The maximum atomic E-state index is 11.1. The number of hydrogen-bond donors (Lipinski definition) is 1. The van der Waals surface area contributed by atoms with Crippen LogP contribution in [-0.2, 0) is 0 Å². The van der Waals surface area contributed by atoms with Crippen molar-refractivity contribution in [1.29, 1.82) is 0 Å². The number of benzene rings is 2. The van der Waals surface area contributed by atoms with Crippen molar-refractivity contribution in [3.63, 3.8) is 0 Å². The summed E-state index contributed by atoms with van der Waals surface area (Å²) in [5.74, 6) is 1.01. The van der Waals surface area contributed by atoms with Crippen LogP contribution in [0.25, 0.3) is 22.3 Å². The lowest BCUT2D eigenvalue weighted by molar-refractivity contribution is -0.385. The van der Waals surface area contributed by atoms with Gasteiger partial charge in [-0.15, -0.1) is 0 Å². The molecule has 0 saturated carbocycles. The van der Waals surface area contributed by atoms with Crippen LogP contribution in [0.2, 0.25) is 0 Å². The highest BCUT2D eigenvalue weighted by molar-refractivity contribution is 5.91. The average Bonchev–Trinajstić information content (AvgIpc) is 2.74. The minimum Gasteiger partial charge on any atom is -0.264 e. The molecule has 2 heterocycles. The average molecular weight is 370 g/mol. The van der Waals surface area contributed by atoms with E-state index in [1.54, 1.807) is 30.6 Å². The molecule has 0 fully saturated rings. The molecule has 8 heteroatoms. The summed E-state index contributed by atoms with van der Waals surface area (Å²) in [4.78, 5) is 23.9. The quantitative estimate of drug-likeness (QED) is 0.323. The van der Waals surface area contributed by atoms with Crippen molar-refractivity contribution in [3.8, 4) is 11.4 Å². The first kappa shape index (κ1) is 17.2. The van der Waals surface area contributed by atoms with E-state index < -0.39 is 4.92 Å². The number of anilines is 1. The largest absolute Gasteiger partial charge is 0.278 e. The minimum absolute atomic E-state index is 0.0170. The Labute approximate surface area is 159 Å². The van der Waals surface area contributed by atoms with Crippen LogP contribution in [0.1, 0.15) is 5.56 Å². The van der Waals surface area contributed by atoms with Gasteiger partial charge in [0.25, 0.3) is 5.69 Å². The number of aromatic nitrogens is 3. The Hall–Kier alpha value is -4.20. The van der Waals surface area contributed by atoms with E-state index in [9.17, 15) is 10.1 Å². The lowest BCUT2D eigenvalue weighted by Gasteiger charge is -2.08. The van der Waals surface area contributed by atoms with Crippen molar-refractivity contribution in [3.05, 3.63) is 88.7 Å². The van der Waals surface area contributed by atoms with Gasteiger partial charge in [-0.25, -0.2) is 9.97 Å². The van der Waals surface area contributed by atoms with Gasteiger partial charge in [0.15, 0.2) is 11.6 Å². The molecule has 28 heavy (non-hydrogen) atoms. The van der Waals surface area contributed by atoms with Crippen molar-refractivity contribution >= 4 is 28.6 Å². The third-order valence-corrected chi connectivity index (χ3v) is 4.03. The van der Waals surface area contributed by atoms with Crippen LogP contribution >= 0.6 is 0 Å². The predicted octanol–water partition coefficient (Wildman–Crippen LogP) is 4.05. The minimum atomic E-state index is -0.443. The Morgan fingerprint density at radius 2 is 1.82 bits per heavy atom. The molecular formula is C20H14N6O2. The van der Waals surface area contributed by atoms with Crippen molar-refractivity contribution in [2.24, 2.45) is 5.10 Å². The lowest BCUT2D eigenvalue weighted by atomic mass is 10.2. The van der Waals surface area contributed by atoms with Gasteiger partial charge in [-0.3, -0.25) is 20.5 Å². The number of rotatable bonds is 5. The number of fused-ring (bicyclic) bond motifs is 1. The summed E-state index contributed by atoms with van der Waals surface area (Å²) >= 11 is 0. The highest BCUT2D eigenvalue weighted by Gasteiger charge is 2.11. The molecule has 1 N–H and O–H groups in total. The van der Waals surface area contributed by atoms with Gasteiger partial charge < -0.3 is 0 Å². The molecule has 0 unspecified atom stereocenters. The molecule has 0 amide bonds. The fraction of sp³-hybridized carbons (Fsp3) is 0. The van der Waals surface area contributed by atoms with E-state index in [2.05, 4.69) is 25.5 Å². The summed E-state index contributed by atoms with van der Waals surface area (Å²) in [5.41, 5.74) is 4.79.